The maximum Gasteiger partial charge on any atom is 0.124 e. The van der Waals surface area contributed by atoms with Gasteiger partial charge in [0.1, 0.15) is 5.75 Å². The minimum atomic E-state index is -0.449. The standard InChI is InChI=1S/C15H24O2S/c1-15(2,3)11-6-7-14(17-4)12(10-11)13(16)8-9-18-5/h6-7,10,13,16H,8-9H2,1-5H3. The van der Waals surface area contributed by atoms with Gasteiger partial charge in [0.2, 0.25) is 0 Å². The number of hydrogen-bond acceptors (Lipinski definition) is 3. The van der Waals surface area contributed by atoms with Crippen molar-refractivity contribution in [3.05, 3.63) is 29.3 Å². The Balaban J connectivity index is 3.06. The molecule has 0 saturated heterocycles. The molecular formula is C15H24O2S. The molecule has 2 nitrogen and oxygen atoms in total. The number of hydrogen-bond donors (Lipinski definition) is 1. The zero-order valence-electron chi connectivity index (χ0n) is 12.0. The predicted molar refractivity (Wildman–Crippen MR) is 79.7 cm³/mol. The van der Waals surface area contributed by atoms with Gasteiger partial charge in [-0.2, -0.15) is 11.8 Å². The largest absolute Gasteiger partial charge is 0.496 e. The van der Waals surface area contributed by atoms with E-state index in [1.807, 2.05) is 6.07 Å². The topological polar surface area (TPSA) is 29.5 Å². The first kappa shape index (κ1) is 15.4. The van der Waals surface area contributed by atoms with Crippen molar-refractivity contribution in [2.75, 3.05) is 19.1 Å². The van der Waals surface area contributed by atoms with E-state index in [-0.39, 0.29) is 5.41 Å². The SMILES string of the molecule is COc1ccc(C(C)(C)C)cc1C(O)CCSC. The van der Waals surface area contributed by atoms with E-state index < -0.39 is 6.10 Å². The third-order valence-electron chi connectivity index (χ3n) is 3.05. The molecule has 1 aromatic rings. The first-order valence-electron chi connectivity index (χ1n) is 6.25. The van der Waals surface area contributed by atoms with Crippen molar-refractivity contribution in [3.8, 4) is 5.75 Å². The summed E-state index contributed by atoms with van der Waals surface area (Å²) in [6.45, 7) is 6.52. The summed E-state index contributed by atoms with van der Waals surface area (Å²) in [6.07, 6.45) is 2.36. The van der Waals surface area contributed by atoms with E-state index in [1.54, 1.807) is 18.9 Å². The highest BCUT2D eigenvalue weighted by atomic mass is 32.2. The highest BCUT2D eigenvalue weighted by Crippen LogP contribution is 2.33. The van der Waals surface area contributed by atoms with Gasteiger partial charge < -0.3 is 9.84 Å². The molecule has 0 aliphatic heterocycles. The van der Waals surface area contributed by atoms with E-state index in [0.29, 0.717) is 0 Å². The fourth-order valence-corrected chi connectivity index (χ4v) is 2.31. The molecule has 1 atom stereocenters. The molecule has 18 heavy (non-hydrogen) atoms. The number of ether oxygens (including phenoxy) is 1. The molecule has 3 heteroatoms. The van der Waals surface area contributed by atoms with Crippen LogP contribution in [0.4, 0.5) is 0 Å². The van der Waals surface area contributed by atoms with Gasteiger partial charge in [0, 0.05) is 5.56 Å². The molecule has 0 aliphatic carbocycles. The van der Waals surface area contributed by atoms with Crippen LogP contribution in [0.25, 0.3) is 0 Å². The Kier molecular flexibility index (Phi) is 5.54. The summed E-state index contributed by atoms with van der Waals surface area (Å²) in [5, 5.41) is 10.3. The van der Waals surface area contributed by atoms with Gasteiger partial charge in [-0.05, 0) is 41.5 Å². The van der Waals surface area contributed by atoms with Crippen LogP contribution in [0.5, 0.6) is 5.75 Å². The molecule has 0 amide bonds. The van der Waals surface area contributed by atoms with Gasteiger partial charge in [-0.15, -0.1) is 0 Å². The number of benzene rings is 1. The number of aliphatic hydroxyl groups excluding tert-OH is 1. The number of aliphatic hydroxyl groups is 1. The molecule has 0 bridgehead atoms. The van der Waals surface area contributed by atoms with Crippen molar-refractivity contribution in [3.63, 3.8) is 0 Å². The molecular weight excluding hydrogens is 244 g/mol. The minimum absolute atomic E-state index is 0.0836. The zero-order valence-corrected chi connectivity index (χ0v) is 12.8. The van der Waals surface area contributed by atoms with Crippen molar-refractivity contribution >= 4 is 11.8 Å². The first-order chi connectivity index (χ1) is 8.40. The Bertz CT molecular complexity index is 383. The Morgan fingerprint density at radius 2 is 2.00 bits per heavy atom. The first-order valence-corrected chi connectivity index (χ1v) is 7.65. The van der Waals surface area contributed by atoms with Crippen LogP contribution >= 0.6 is 11.8 Å². The van der Waals surface area contributed by atoms with Crippen LogP contribution in [-0.4, -0.2) is 24.2 Å². The lowest BCUT2D eigenvalue weighted by atomic mass is 9.85. The minimum Gasteiger partial charge on any atom is -0.496 e. The fourth-order valence-electron chi connectivity index (χ4n) is 1.85. The van der Waals surface area contributed by atoms with E-state index in [9.17, 15) is 5.11 Å². The third-order valence-corrected chi connectivity index (χ3v) is 3.69. The van der Waals surface area contributed by atoms with E-state index in [4.69, 9.17) is 4.74 Å². The van der Waals surface area contributed by atoms with Crippen molar-refractivity contribution in [2.24, 2.45) is 0 Å². The van der Waals surface area contributed by atoms with Gasteiger partial charge in [-0.3, -0.25) is 0 Å². The summed E-state index contributed by atoms with van der Waals surface area (Å²) in [5.41, 5.74) is 2.21. The molecule has 102 valence electrons. The average Bonchev–Trinajstić information content (AvgIpc) is 2.34. The van der Waals surface area contributed by atoms with Crippen molar-refractivity contribution in [2.45, 2.75) is 38.7 Å². The molecule has 0 fully saturated rings. The Hall–Kier alpha value is -0.670. The van der Waals surface area contributed by atoms with Crippen molar-refractivity contribution in [1.82, 2.24) is 0 Å². The van der Waals surface area contributed by atoms with Crippen LogP contribution in [0, 0.1) is 0 Å². The molecule has 0 radical (unpaired) electrons. The highest BCUT2D eigenvalue weighted by Gasteiger charge is 2.19. The van der Waals surface area contributed by atoms with Crippen molar-refractivity contribution < 1.29 is 9.84 Å². The molecule has 0 aliphatic rings. The van der Waals surface area contributed by atoms with Gasteiger partial charge in [0.15, 0.2) is 0 Å². The van der Waals surface area contributed by atoms with Crippen LogP contribution in [0.2, 0.25) is 0 Å². The molecule has 0 heterocycles. The Labute approximate surface area is 115 Å². The lowest BCUT2D eigenvalue weighted by Crippen LogP contribution is -2.12. The van der Waals surface area contributed by atoms with Crippen molar-refractivity contribution in [1.29, 1.82) is 0 Å². The monoisotopic (exact) mass is 268 g/mol. The molecule has 1 aromatic carbocycles. The lowest BCUT2D eigenvalue weighted by Gasteiger charge is -2.22. The van der Waals surface area contributed by atoms with Gasteiger partial charge in [0.25, 0.3) is 0 Å². The van der Waals surface area contributed by atoms with Gasteiger partial charge in [0.05, 0.1) is 13.2 Å². The molecule has 1 N–H and O–H groups in total. The molecule has 0 spiro atoms. The Morgan fingerprint density at radius 1 is 1.33 bits per heavy atom. The third kappa shape index (κ3) is 3.92. The molecule has 1 rings (SSSR count). The molecule has 1 unspecified atom stereocenters. The molecule has 0 aromatic heterocycles. The average molecular weight is 268 g/mol. The second-order valence-corrected chi connectivity index (χ2v) is 6.49. The zero-order chi connectivity index (χ0) is 13.8. The Morgan fingerprint density at radius 3 is 2.50 bits per heavy atom. The number of methoxy groups -OCH3 is 1. The van der Waals surface area contributed by atoms with Gasteiger partial charge >= 0.3 is 0 Å². The van der Waals surface area contributed by atoms with Crippen LogP contribution in [0.1, 0.15) is 44.4 Å². The molecule has 0 saturated carbocycles. The van der Waals surface area contributed by atoms with Crippen LogP contribution in [0.3, 0.4) is 0 Å². The summed E-state index contributed by atoms with van der Waals surface area (Å²) in [4.78, 5) is 0. The summed E-state index contributed by atoms with van der Waals surface area (Å²) in [6, 6.07) is 6.10. The highest BCUT2D eigenvalue weighted by molar-refractivity contribution is 7.98. The van der Waals surface area contributed by atoms with E-state index in [0.717, 1.165) is 23.5 Å². The van der Waals surface area contributed by atoms with E-state index >= 15 is 0 Å². The number of thioether (sulfide) groups is 1. The summed E-state index contributed by atoms with van der Waals surface area (Å²) in [7, 11) is 1.65. The van der Waals surface area contributed by atoms with Crippen LogP contribution in [-0.2, 0) is 5.41 Å². The normalized spacial score (nSPS) is 13.4. The fraction of sp³-hybridized carbons (Fsp3) is 0.600. The van der Waals surface area contributed by atoms with Gasteiger partial charge in [-0.25, -0.2) is 0 Å². The second-order valence-electron chi connectivity index (χ2n) is 5.50. The maximum atomic E-state index is 10.3. The van der Waals surface area contributed by atoms with E-state index in [1.165, 1.54) is 5.56 Å². The summed E-state index contributed by atoms with van der Waals surface area (Å²) >= 11 is 1.75. The quantitative estimate of drug-likeness (QED) is 0.881. The maximum absolute atomic E-state index is 10.3. The number of rotatable bonds is 5. The summed E-state index contributed by atoms with van der Waals surface area (Å²) in [5.74, 6) is 1.72. The summed E-state index contributed by atoms with van der Waals surface area (Å²) < 4.78 is 5.35. The van der Waals surface area contributed by atoms with Crippen LogP contribution in [0.15, 0.2) is 18.2 Å². The van der Waals surface area contributed by atoms with Gasteiger partial charge in [-0.1, -0.05) is 26.8 Å². The van der Waals surface area contributed by atoms with Crippen LogP contribution < -0.4 is 4.74 Å². The lowest BCUT2D eigenvalue weighted by molar-refractivity contribution is 0.170. The predicted octanol–water partition coefficient (Wildman–Crippen LogP) is 3.78. The van der Waals surface area contributed by atoms with E-state index in [2.05, 4.69) is 39.2 Å². The smallest absolute Gasteiger partial charge is 0.124 e. The second kappa shape index (κ2) is 6.48.